The van der Waals surface area contributed by atoms with Gasteiger partial charge >= 0.3 is 6.09 Å². The molecule has 0 spiro atoms. The van der Waals surface area contributed by atoms with Gasteiger partial charge in [-0.05, 0) is 51.1 Å². The van der Waals surface area contributed by atoms with E-state index in [-0.39, 0.29) is 18.4 Å². The number of amides is 3. The molecule has 2 aromatic rings. The molecule has 2 heterocycles. The van der Waals surface area contributed by atoms with Crippen LogP contribution in [0.15, 0.2) is 42.7 Å². The molecule has 164 valence electrons. The van der Waals surface area contributed by atoms with Crippen molar-refractivity contribution < 1.29 is 23.9 Å². The number of nitrogens with one attached hydrogen (secondary N) is 1. The van der Waals surface area contributed by atoms with Gasteiger partial charge in [-0.15, -0.1) is 0 Å². The lowest BCUT2D eigenvalue weighted by Gasteiger charge is -2.24. The van der Waals surface area contributed by atoms with Crippen molar-refractivity contribution in [1.82, 2.24) is 10.3 Å². The molecule has 1 aliphatic rings. The number of hydrogen-bond donors (Lipinski definition) is 1. The third kappa shape index (κ3) is 5.11. The number of anilines is 2. The zero-order valence-electron chi connectivity index (χ0n) is 18.2. The van der Waals surface area contributed by atoms with E-state index >= 15 is 0 Å². The molecule has 0 saturated carbocycles. The van der Waals surface area contributed by atoms with Gasteiger partial charge in [-0.2, -0.15) is 0 Å². The average molecular weight is 426 g/mol. The molecule has 0 radical (unpaired) electrons. The molecular weight excluding hydrogens is 400 g/mol. The zero-order valence-corrected chi connectivity index (χ0v) is 18.2. The lowest BCUT2D eigenvalue weighted by Crippen LogP contribution is -2.50. The van der Waals surface area contributed by atoms with Crippen LogP contribution >= 0.6 is 0 Å². The van der Waals surface area contributed by atoms with Crippen molar-refractivity contribution in [2.24, 2.45) is 0 Å². The van der Waals surface area contributed by atoms with Crippen molar-refractivity contribution in [2.45, 2.75) is 32.4 Å². The summed E-state index contributed by atoms with van der Waals surface area (Å²) in [5.74, 6) is -0.188. The first-order valence-electron chi connectivity index (χ1n) is 9.79. The van der Waals surface area contributed by atoms with Crippen LogP contribution in [0, 0.1) is 0 Å². The highest BCUT2D eigenvalue weighted by atomic mass is 16.6. The van der Waals surface area contributed by atoms with E-state index in [4.69, 9.17) is 9.47 Å². The summed E-state index contributed by atoms with van der Waals surface area (Å²) < 4.78 is 11.0. The fourth-order valence-electron chi connectivity index (χ4n) is 3.06. The van der Waals surface area contributed by atoms with E-state index in [2.05, 4.69) is 10.3 Å². The summed E-state index contributed by atoms with van der Waals surface area (Å²) in [6.45, 7) is 5.16. The van der Waals surface area contributed by atoms with Gasteiger partial charge in [-0.1, -0.05) is 0 Å². The molecule has 1 aromatic carbocycles. The van der Waals surface area contributed by atoms with Crippen LogP contribution in [0.2, 0.25) is 0 Å². The lowest BCUT2D eigenvalue weighted by molar-refractivity contribution is -0.120. The maximum atomic E-state index is 12.9. The monoisotopic (exact) mass is 426 g/mol. The van der Waals surface area contributed by atoms with E-state index in [0.717, 1.165) is 0 Å². The van der Waals surface area contributed by atoms with Crippen LogP contribution in [-0.4, -0.2) is 55.2 Å². The lowest BCUT2D eigenvalue weighted by atomic mass is 10.1. The highest BCUT2D eigenvalue weighted by Gasteiger charge is 2.32. The Morgan fingerprint density at radius 2 is 1.90 bits per heavy atom. The number of nitrogens with zero attached hydrogens (tertiary/aromatic N) is 3. The number of alkyl carbamates (subject to hydrolysis) is 1. The van der Waals surface area contributed by atoms with Gasteiger partial charge in [0.05, 0.1) is 5.69 Å². The molecule has 31 heavy (non-hydrogen) atoms. The van der Waals surface area contributed by atoms with E-state index in [1.807, 2.05) is 0 Å². The van der Waals surface area contributed by atoms with E-state index in [9.17, 15) is 14.4 Å². The molecule has 0 aliphatic carbocycles. The molecule has 9 heteroatoms. The van der Waals surface area contributed by atoms with Crippen LogP contribution in [0.5, 0.6) is 5.75 Å². The minimum atomic E-state index is -0.925. The Balaban J connectivity index is 1.80. The van der Waals surface area contributed by atoms with Gasteiger partial charge in [0.25, 0.3) is 11.8 Å². The van der Waals surface area contributed by atoms with E-state index in [0.29, 0.717) is 22.7 Å². The van der Waals surface area contributed by atoms with Crippen molar-refractivity contribution in [3.05, 3.63) is 48.3 Å². The molecule has 0 unspecified atom stereocenters. The number of rotatable bonds is 3. The first-order chi connectivity index (χ1) is 14.6. The molecule has 9 nitrogen and oxygen atoms in total. The Kier molecular flexibility index (Phi) is 6.14. The summed E-state index contributed by atoms with van der Waals surface area (Å²) in [4.78, 5) is 44.8. The fraction of sp³-hybridized carbons (Fsp3) is 0.364. The van der Waals surface area contributed by atoms with E-state index in [1.165, 1.54) is 9.80 Å². The summed E-state index contributed by atoms with van der Waals surface area (Å²) in [6, 6.07) is 7.41. The second kappa shape index (κ2) is 8.63. The number of carbonyl (C=O) groups excluding carboxylic acids is 3. The third-order valence-corrected chi connectivity index (χ3v) is 4.65. The Bertz CT molecular complexity index is 987. The maximum Gasteiger partial charge on any atom is 0.408 e. The topological polar surface area (TPSA) is 101 Å². The van der Waals surface area contributed by atoms with Crippen LogP contribution in [0.3, 0.4) is 0 Å². The number of carbonyl (C=O) groups is 3. The van der Waals surface area contributed by atoms with Gasteiger partial charge in [0, 0.05) is 37.7 Å². The van der Waals surface area contributed by atoms with Crippen LogP contribution in [0.4, 0.5) is 16.2 Å². The summed E-state index contributed by atoms with van der Waals surface area (Å²) in [6.07, 6.45) is 2.51. The van der Waals surface area contributed by atoms with Crippen molar-refractivity contribution in [3.63, 3.8) is 0 Å². The number of aromatic nitrogens is 1. The number of fused-ring (bicyclic) bond motifs is 1. The summed E-state index contributed by atoms with van der Waals surface area (Å²) in [5, 5.41) is 2.55. The minimum absolute atomic E-state index is 0.0559. The third-order valence-electron chi connectivity index (χ3n) is 4.65. The zero-order chi connectivity index (χ0) is 22.8. The minimum Gasteiger partial charge on any atom is -0.489 e. The molecule has 0 saturated heterocycles. The fourth-order valence-corrected chi connectivity index (χ4v) is 3.06. The first-order valence-corrected chi connectivity index (χ1v) is 9.79. The largest absolute Gasteiger partial charge is 0.489 e. The standard InChI is InChI=1S/C22H26N4O5/c1-22(2,3)31-21(29)24-16-13-30-18-7-6-14(12-17(18)26(5)20(16)28)19(27)25(4)15-8-10-23-11-9-15/h6-12,16H,13H2,1-5H3,(H,24,29)/t16-/m0/s1. The van der Waals surface area contributed by atoms with E-state index in [1.54, 1.807) is 77.6 Å². The SMILES string of the molecule is CN(C(=O)c1ccc2c(c1)N(C)C(=O)[C@@H](NC(=O)OC(C)(C)C)CO2)c1ccncc1. The Hall–Kier alpha value is -3.62. The molecular formula is C22H26N4O5. The molecule has 1 atom stereocenters. The summed E-state index contributed by atoms with van der Waals surface area (Å²) in [5.41, 5.74) is 0.827. The Morgan fingerprint density at radius 1 is 1.23 bits per heavy atom. The maximum absolute atomic E-state index is 12.9. The molecule has 3 amide bonds. The number of ether oxygens (including phenoxy) is 2. The highest BCUT2D eigenvalue weighted by molar-refractivity contribution is 6.08. The molecule has 3 rings (SSSR count). The van der Waals surface area contributed by atoms with Crippen molar-refractivity contribution in [1.29, 1.82) is 0 Å². The Labute approximate surface area is 180 Å². The van der Waals surface area contributed by atoms with Gasteiger partial charge in [-0.25, -0.2) is 4.79 Å². The predicted molar refractivity (Wildman–Crippen MR) is 115 cm³/mol. The quantitative estimate of drug-likeness (QED) is 0.810. The van der Waals surface area contributed by atoms with Gasteiger partial charge < -0.3 is 24.6 Å². The smallest absolute Gasteiger partial charge is 0.408 e. The summed E-state index contributed by atoms with van der Waals surface area (Å²) in [7, 11) is 3.23. The van der Waals surface area contributed by atoms with Crippen LogP contribution < -0.4 is 19.9 Å². The van der Waals surface area contributed by atoms with Gasteiger partial charge in [-0.3, -0.25) is 14.6 Å². The second-order valence-corrected chi connectivity index (χ2v) is 8.16. The molecule has 0 fully saturated rings. The normalized spacial score (nSPS) is 16.0. The van der Waals surface area contributed by atoms with Crippen molar-refractivity contribution >= 4 is 29.3 Å². The number of pyridine rings is 1. The molecule has 0 bridgehead atoms. The highest BCUT2D eigenvalue weighted by Crippen LogP contribution is 2.32. The van der Waals surface area contributed by atoms with Gasteiger partial charge in [0.2, 0.25) is 0 Å². The molecule has 1 aromatic heterocycles. The number of benzene rings is 1. The molecule has 1 N–H and O–H groups in total. The van der Waals surface area contributed by atoms with Crippen molar-refractivity contribution in [3.8, 4) is 5.75 Å². The number of likely N-dealkylation sites (N-methyl/N-ethyl adjacent to an activating group) is 1. The van der Waals surface area contributed by atoms with Crippen LogP contribution in [0.25, 0.3) is 0 Å². The van der Waals surface area contributed by atoms with Crippen LogP contribution in [0.1, 0.15) is 31.1 Å². The van der Waals surface area contributed by atoms with Gasteiger partial charge in [0.15, 0.2) is 0 Å². The van der Waals surface area contributed by atoms with Crippen molar-refractivity contribution in [2.75, 3.05) is 30.5 Å². The van der Waals surface area contributed by atoms with Gasteiger partial charge in [0.1, 0.15) is 24.0 Å². The Morgan fingerprint density at radius 3 is 2.55 bits per heavy atom. The van der Waals surface area contributed by atoms with E-state index < -0.39 is 17.7 Å². The van der Waals surface area contributed by atoms with Crippen LogP contribution in [-0.2, 0) is 9.53 Å². The summed E-state index contributed by atoms with van der Waals surface area (Å²) >= 11 is 0. The predicted octanol–water partition coefficient (Wildman–Crippen LogP) is 2.61. The average Bonchev–Trinajstić information content (AvgIpc) is 2.84. The molecule has 1 aliphatic heterocycles. The second-order valence-electron chi connectivity index (χ2n) is 8.16. The first kappa shape index (κ1) is 22.1. The number of hydrogen-bond acceptors (Lipinski definition) is 6.